The summed E-state index contributed by atoms with van der Waals surface area (Å²) >= 11 is 0.958. The van der Waals surface area contributed by atoms with E-state index in [2.05, 4.69) is 40.6 Å². The maximum atomic E-state index is 13.2. The second-order valence-corrected chi connectivity index (χ2v) is 13.4. The van der Waals surface area contributed by atoms with Crippen LogP contribution in [0.4, 0.5) is 10.9 Å². The van der Waals surface area contributed by atoms with Gasteiger partial charge in [0, 0.05) is 30.1 Å². The van der Waals surface area contributed by atoms with E-state index >= 15 is 0 Å². The molecule has 49 heavy (non-hydrogen) atoms. The molecule has 5 N–H and O–H groups in total. The number of carboxylic acids is 1. The molecule has 2 aliphatic heterocycles. The molecule has 2 amide bonds. The Kier molecular flexibility index (Phi) is 10.3. The molecule has 18 nitrogen and oxygen atoms in total. The summed E-state index contributed by atoms with van der Waals surface area (Å²) in [5.41, 5.74) is 5.52. The smallest absolute Gasteiger partial charge is 0.351 e. The summed E-state index contributed by atoms with van der Waals surface area (Å²) in [6, 6.07) is 9.79. The first-order chi connectivity index (χ1) is 23.1. The third-order valence-electron chi connectivity index (χ3n) is 7.78. The molecule has 2 atom stereocenters. The number of hydroxylamine groups is 2. The second kappa shape index (κ2) is 14.3. The number of amides is 2. The Morgan fingerprint density at radius 2 is 1.90 bits per heavy atom. The number of aryl methyl sites for hydroxylation is 1. The Bertz CT molecular complexity index is 1860. The average Bonchev–Trinajstić information content (AvgIpc) is 3.49. The highest BCUT2D eigenvalue weighted by Gasteiger charge is 2.57. The maximum Gasteiger partial charge on any atom is 0.351 e. The molecule has 0 radical (unpaired) electrons. The number of hydrogen-bond acceptors (Lipinski definition) is 15. The van der Waals surface area contributed by atoms with Crippen LogP contribution in [0.2, 0.25) is 0 Å². The Labute approximate surface area is 285 Å². The van der Waals surface area contributed by atoms with Crippen molar-refractivity contribution in [2.45, 2.75) is 31.5 Å². The molecular weight excluding hydrogens is 684 g/mol. The van der Waals surface area contributed by atoms with E-state index in [-0.39, 0.29) is 10.8 Å². The first-order valence-corrected chi connectivity index (χ1v) is 17.0. The number of aliphatic carboxylic acids is 1. The summed E-state index contributed by atoms with van der Waals surface area (Å²) in [6.07, 6.45) is 0.356. The van der Waals surface area contributed by atoms with Crippen molar-refractivity contribution in [2.75, 3.05) is 43.4 Å². The molecule has 2 aromatic heterocycles. The average molecular weight is 719 g/mol. The summed E-state index contributed by atoms with van der Waals surface area (Å²) in [5, 5.41) is 20.9. The Morgan fingerprint density at radius 3 is 2.47 bits per heavy atom. The lowest BCUT2D eigenvalue weighted by Gasteiger charge is -2.51. The monoisotopic (exact) mass is 718 g/mol. The quantitative estimate of drug-likeness (QED) is 0.0430. The summed E-state index contributed by atoms with van der Waals surface area (Å²) < 4.78 is 44.9. The van der Waals surface area contributed by atoms with E-state index in [1.807, 2.05) is 31.4 Å². The molecule has 0 saturated carbocycles. The first-order valence-electron chi connectivity index (χ1n) is 14.8. The number of aromatic nitrogens is 2. The number of anilines is 2. The Hall–Kier alpha value is -4.89. The van der Waals surface area contributed by atoms with E-state index in [1.165, 1.54) is 19.2 Å². The predicted molar refractivity (Wildman–Crippen MR) is 173 cm³/mol. The van der Waals surface area contributed by atoms with E-state index in [4.69, 9.17) is 15.3 Å². The normalized spacial score (nSPS) is 18.4. The minimum absolute atomic E-state index is 0.0570. The number of ether oxygens (including phenoxy) is 1. The van der Waals surface area contributed by atoms with Crippen molar-refractivity contribution in [2.24, 2.45) is 12.2 Å². The molecule has 0 bridgehead atoms. The lowest BCUT2D eigenvalue weighted by Crippen LogP contribution is -2.76. The van der Waals surface area contributed by atoms with Crippen LogP contribution < -0.4 is 30.6 Å². The second-order valence-electron chi connectivity index (χ2n) is 11.6. The number of nitrogens with one attached hydrogen (secondary N) is 2. The highest BCUT2D eigenvalue weighted by Crippen LogP contribution is 2.33. The van der Waals surface area contributed by atoms with Gasteiger partial charge in [0.05, 0.1) is 31.9 Å². The topological polar surface area (TPSA) is 242 Å². The van der Waals surface area contributed by atoms with Gasteiger partial charge in [0.2, 0.25) is 10.4 Å². The molecule has 2 saturated heterocycles. The Balaban J connectivity index is 1.24. The van der Waals surface area contributed by atoms with E-state index in [1.54, 1.807) is 12.1 Å². The largest absolute Gasteiger partial charge is 0.724 e. The molecule has 4 heterocycles. The zero-order chi connectivity index (χ0) is 35.5. The number of nitrogen functional groups attached to an aromatic ring is 1. The Morgan fingerprint density at radius 1 is 1.22 bits per heavy atom. The van der Waals surface area contributed by atoms with Gasteiger partial charge in [0.1, 0.15) is 24.1 Å². The third-order valence-corrected chi connectivity index (χ3v) is 8.79. The molecule has 1 aromatic carbocycles. The minimum Gasteiger partial charge on any atom is -0.724 e. The van der Waals surface area contributed by atoms with Gasteiger partial charge < -0.3 is 35.6 Å². The number of carboxylic acid groups (broad SMARTS) is 1. The third kappa shape index (κ3) is 8.23. The van der Waals surface area contributed by atoms with Crippen molar-refractivity contribution in [3.05, 3.63) is 53.7 Å². The van der Waals surface area contributed by atoms with Gasteiger partial charge in [-0.25, -0.2) is 22.8 Å². The standard InChI is InChI=1S/C29H34N8O10S2/c1-29(2)24(26(39)37(29)47-49(42,43)44)33-25(38)23(20-16-48-28(30)32-20)34-46-21(27(40)41)15-45-19-7-4-17(5-8-19)18-6-9-22(35(3)14-18)36-12-10-31-11-13-36/h4-9,14,16,21,24,31H,10-13,15H2,1-3H3,(H4-,30,32,33,38,40,41,42,43,44)/b34-23-/t21?,24-/m1/s1. The first kappa shape index (κ1) is 35.4. The van der Waals surface area contributed by atoms with E-state index in [0.29, 0.717) is 10.8 Å². The SMILES string of the molecule is C[n+]1cc(-c2ccc(OCC(O/N=C(\C(=O)N[C@@H]3C(=O)N(OS(=O)(=O)[O-])C3(C)C)c3csc(N)n3)C(=O)O)cc2)ccc1N1CCNCC1. The molecule has 262 valence electrons. The van der Waals surface area contributed by atoms with Crippen LogP contribution in [-0.2, 0) is 41.0 Å². The summed E-state index contributed by atoms with van der Waals surface area (Å²) in [7, 11) is -3.27. The number of nitrogens with two attached hydrogens (primary N) is 1. The van der Waals surface area contributed by atoms with Crippen LogP contribution in [0.25, 0.3) is 11.1 Å². The number of oxime groups is 1. The molecule has 0 aliphatic carbocycles. The predicted octanol–water partition coefficient (Wildman–Crippen LogP) is -0.623. The van der Waals surface area contributed by atoms with Gasteiger partial charge in [-0.2, -0.15) is 9.35 Å². The van der Waals surface area contributed by atoms with Crippen LogP contribution in [-0.4, -0.2) is 102 Å². The number of piperazine rings is 1. The van der Waals surface area contributed by atoms with Crippen molar-refractivity contribution in [1.29, 1.82) is 0 Å². The lowest BCUT2D eigenvalue weighted by molar-refractivity contribution is -0.658. The molecular formula is C29H34N8O10S2. The number of nitrogens with zero attached hydrogens (tertiary/aromatic N) is 5. The molecule has 1 unspecified atom stereocenters. The number of pyridine rings is 1. The number of carbonyl (C=O) groups excluding carboxylic acids is 2. The van der Waals surface area contributed by atoms with Crippen LogP contribution in [0.5, 0.6) is 5.75 Å². The number of rotatable bonds is 13. The van der Waals surface area contributed by atoms with Crippen LogP contribution in [0.1, 0.15) is 19.5 Å². The van der Waals surface area contributed by atoms with Crippen molar-refractivity contribution < 1.29 is 50.9 Å². The number of hydrogen-bond donors (Lipinski definition) is 4. The lowest BCUT2D eigenvalue weighted by atomic mass is 9.84. The van der Waals surface area contributed by atoms with Crippen LogP contribution in [0, 0.1) is 0 Å². The van der Waals surface area contributed by atoms with Crippen molar-refractivity contribution >= 4 is 56.2 Å². The molecule has 2 aliphatic rings. The van der Waals surface area contributed by atoms with E-state index < -0.39 is 58.2 Å². The highest BCUT2D eigenvalue weighted by molar-refractivity contribution is 7.80. The van der Waals surface area contributed by atoms with E-state index in [0.717, 1.165) is 54.5 Å². The zero-order valence-corrected chi connectivity index (χ0v) is 28.2. The number of β-lactam (4-membered cyclic amide) rings is 1. The number of thiazole rings is 1. The molecule has 3 aromatic rings. The summed E-state index contributed by atoms with van der Waals surface area (Å²) in [6.45, 7) is 5.90. The van der Waals surface area contributed by atoms with Gasteiger partial charge in [-0.1, -0.05) is 17.3 Å². The number of carbonyl (C=O) groups is 3. The van der Waals surface area contributed by atoms with Gasteiger partial charge in [0.25, 0.3) is 23.7 Å². The van der Waals surface area contributed by atoms with Gasteiger partial charge in [-0.3, -0.25) is 14.5 Å². The summed E-state index contributed by atoms with van der Waals surface area (Å²) in [4.78, 5) is 49.3. The molecule has 20 heteroatoms. The van der Waals surface area contributed by atoms with Gasteiger partial charge in [-0.05, 0) is 37.6 Å². The van der Waals surface area contributed by atoms with Crippen molar-refractivity contribution in [3.63, 3.8) is 0 Å². The van der Waals surface area contributed by atoms with Gasteiger partial charge in [-0.15, -0.1) is 11.3 Å². The van der Waals surface area contributed by atoms with Gasteiger partial charge in [0.15, 0.2) is 10.8 Å². The molecule has 0 spiro atoms. The van der Waals surface area contributed by atoms with Crippen LogP contribution in [0.3, 0.4) is 0 Å². The van der Waals surface area contributed by atoms with E-state index in [9.17, 15) is 32.5 Å². The highest BCUT2D eigenvalue weighted by atomic mass is 32.3. The molecule has 5 rings (SSSR count). The van der Waals surface area contributed by atoms with Crippen LogP contribution in [0.15, 0.2) is 53.1 Å². The fourth-order valence-corrected chi connectivity index (χ4v) is 6.18. The summed E-state index contributed by atoms with van der Waals surface area (Å²) in [5.74, 6) is -2.04. The van der Waals surface area contributed by atoms with Crippen molar-refractivity contribution in [1.82, 2.24) is 20.7 Å². The van der Waals surface area contributed by atoms with Gasteiger partial charge >= 0.3 is 5.97 Å². The zero-order valence-electron chi connectivity index (χ0n) is 26.6. The van der Waals surface area contributed by atoms with Crippen molar-refractivity contribution in [3.8, 4) is 16.9 Å². The number of benzene rings is 1. The maximum absolute atomic E-state index is 13.2. The minimum atomic E-state index is -5.27. The van der Waals surface area contributed by atoms with Crippen LogP contribution >= 0.6 is 11.3 Å². The fourth-order valence-electron chi connectivity index (χ4n) is 5.19. The molecule has 2 fully saturated rings. The fraction of sp³-hybridized carbons (Fsp3) is 0.379.